The molecule has 2 aromatic heterocycles. The first-order chi connectivity index (χ1) is 17.9. The van der Waals surface area contributed by atoms with E-state index in [0.29, 0.717) is 19.8 Å². The maximum atomic E-state index is 10.8. The first kappa shape index (κ1) is 27.2. The molecule has 9 nitrogen and oxygen atoms in total. The summed E-state index contributed by atoms with van der Waals surface area (Å²) in [5.41, 5.74) is 4.28. The maximum absolute atomic E-state index is 10.8. The summed E-state index contributed by atoms with van der Waals surface area (Å²) in [6, 6.07) is 10.2. The van der Waals surface area contributed by atoms with E-state index in [1.54, 1.807) is 0 Å². The van der Waals surface area contributed by atoms with Crippen molar-refractivity contribution < 1.29 is 42.4 Å². The zero-order chi connectivity index (χ0) is 27.5. The molecule has 0 atom stereocenters. The average molecular weight is 536 g/mol. The highest BCUT2D eigenvalue weighted by atomic mass is 19.4. The van der Waals surface area contributed by atoms with Crippen molar-refractivity contribution >= 4 is 17.6 Å². The van der Waals surface area contributed by atoms with Crippen LogP contribution < -0.4 is 9.47 Å². The van der Waals surface area contributed by atoms with E-state index in [1.165, 1.54) is 11.1 Å². The Balaban J connectivity index is 0.000000426. The van der Waals surface area contributed by atoms with Gasteiger partial charge in [-0.05, 0) is 50.6 Å². The summed E-state index contributed by atoms with van der Waals surface area (Å²) in [6.45, 7) is 5.58. The minimum Gasteiger partial charge on any atom is -0.492 e. The van der Waals surface area contributed by atoms with Crippen LogP contribution in [0.5, 0.6) is 11.5 Å². The Morgan fingerprint density at radius 1 is 1.13 bits per heavy atom. The van der Waals surface area contributed by atoms with E-state index >= 15 is 0 Å². The number of halogens is 3. The fourth-order valence-electron chi connectivity index (χ4n) is 4.70. The van der Waals surface area contributed by atoms with Crippen molar-refractivity contribution in [3.8, 4) is 11.5 Å². The van der Waals surface area contributed by atoms with Gasteiger partial charge in [0.05, 0.1) is 18.7 Å². The Morgan fingerprint density at radius 3 is 2.50 bits per heavy atom. The molecule has 12 heteroatoms. The second kappa shape index (κ2) is 10.9. The first-order valence-corrected chi connectivity index (χ1v) is 12.0. The number of hydrogen-bond acceptors (Lipinski definition) is 6. The topological polar surface area (TPSA) is 114 Å². The lowest BCUT2D eigenvalue weighted by Crippen LogP contribution is -2.44. The molecule has 0 radical (unpaired) electrons. The van der Waals surface area contributed by atoms with E-state index < -0.39 is 18.1 Å². The summed E-state index contributed by atoms with van der Waals surface area (Å²) >= 11 is 0. The number of likely N-dealkylation sites (tertiary alicyclic amines) is 1. The molecule has 2 aliphatic heterocycles. The van der Waals surface area contributed by atoms with Crippen LogP contribution in [0.1, 0.15) is 36.1 Å². The number of piperidine rings is 1. The number of benzene rings is 1. The minimum absolute atomic E-state index is 0.0348. The Kier molecular flexibility index (Phi) is 7.81. The highest BCUT2D eigenvalue weighted by Crippen LogP contribution is 2.46. The molecule has 5 rings (SSSR count). The van der Waals surface area contributed by atoms with Crippen LogP contribution in [-0.4, -0.2) is 68.9 Å². The minimum atomic E-state index is -5.08. The third-order valence-electron chi connectivity index (χ3n) is 6.76. The van der Waals surface area contributed by atoms with E-state index in [0.717, 1.165) is 48.8 Å². The summed E-state index contributed by atoms with van der Waals surface area (Å²) in [5.74, 6) is -1.81. The van der Waals surface area contributed by atoms with Gasteiger partial charge in [0.15, 0.2) is 0 Å². The number of pyridine rings is 1. The van der Waals surface area contributed by atoms with E-state index in [2.05, 4.69) is 35.1 Å². The van der Waals surface area contributed by atoms with Crippen LogP contribution >= 0.6 is 0 Å². The van der Waals surface area contributed by atoms with Crippen LogP contribution in [0.25, 0.3) is 5.65 Å². The molecule has 2 aliphatic rings. The molecule has 0 saturated carbocycles. The molecule has 3 aromatic rings. The molecule has 2 N–H and O–H groups in total. The number of imidazole rings is 1. The first-order valence-electron chi connectivity index (χ1n) is 12.0. The van der Waals surface area contributed by atoms with Gasteiger partial charge in [-0.2, -0.15) is 13.2 Å². The number of carboxylic acid groups (broad SMARTS) is 2. The molecular formula is C26H28F3N3O6. The Labute approximate surface area is 216 Å². The molecule has 0 bridgehead atoms. The highest BCUT2D eigenvalue weighted by Gasteiger charge is 2.43. The molecule has 1 fully saturated rings. The molecule has 0 amide bonds. The van der Waals surface area contributed by atoms with Crippen LogP contribution in [0, 0.1) is 6.92 Å². The average Bonchev–Trinajstić information content (AvgIpc) is 3.43. The van der Waals surface area contributed by atoms with Gasteiger partial charge in [-0.25, -0.2) is 9.78 Å². The van der Waals surface area contributed by atoms with Gasteiger partial charge in [0.25, 0.3) is 0 Å². The van der Waals surface area contributed by atoms with Crippen LogP contribution in [0.2, 0.25) is 0 Å². The Bertz CT molecular complexity index is 1320. The molecule has 0 aliphatic carbocycles. The molecule has 38 heavy (non-hydrogen) atoms. The molecule has 204 valence electrons. The number of aromatic nitrogens is 2. The lowest BCUT2D eigenvalue weighted by atomic mass is 9.74. The van der Waals surface area contributed by atoms with E-state index in [9.17, 15) is 18.0 Å². The van der Waals surface area contributed by atoms with Gasteiger partial charge in [-0.1, -0.05) is 12.1 Å². The molecule has 1 aromatic carbocycles. The number of hydrogen-bond donors (Lipinski definition) is 2. The number of nitrogens with zero attached hydrogens (tertiary/aromatic N) is 3. The molecule has 1 saturated heterocycles. The Hall–Kier alpha value is -3.80. The molecule has 0 unspecified atom stereocenters. The predicted octanol–water partition coefficient (Wildman–Crippen LogP) is 4.06. The zero-order valence-electron chi connectivity index (χ0n) is 20.7. The van der Waals surface area contributed by atoms with Crippen LogP contribution in [0.4, 0.5) is 13.2 Å². The zero-order valence-corrected chi connectivity index (χ0v) is 20.7. The number of aryl methyl sites for hydroxylation is 1. The largest absolute Gasteiger partial charge is 0.492 e. The summed E-state index contributed by atoms with van der Waals surface area (Å²) in [4.78, 5) is 26.6. The van der Waals surface area contributed by atoms with Gasteiger partial charge in [-0.3, -0.25) is 4.79 Å². The SMILES string of the molecule is Cc1ccc2nc(COc3ccc4c(c3)OCC43CCN(CCC(=O)O)CC3)cn2c1.O=C(O)C(F)(F)F. The summed E-state index contributed by atoms with van der Waals surface area (Å²) in [6.07, 6.45) is 1.15. The van der Waals surface area contributed by atoms with Crippen molar-refractivity contribution in [2.75, 3.05) is 26.2 Å². The summed E-state index contributed by atoms with van der Waals surface area (Å²) < 4.78 is 45.8. The van der Waals surface area contributed by atoms with Gasteiger partial charge >= 0.3 is 18.1 Å². The second-order valence-corrected chi connectivity index (χ2v) is 9.51. The lowest BCUT2D eigenvalue weighted by molar-refractivity contribution is -0.192. The van der Waals surface area contributed by atoms with Crippen molar-refractivity contribution in [2.24, 2.45) is 0 Å². The number of carbonyl (C=O) groups is 2. The van der Waals surface area contributed by atoms with Gasteiger partial charge in [-0.15, -0.1) is 0 Å². The number of alkyl halides is 3. The summed E-state index contributed by atoms with van der Waals surface area (Å²) in [5, 5.41) is 16.0. The number of fused-ring (bicyclic) bond motifs is 3. The fourth-order valence-corrected chi connectivity index (χ4v) is 4.70. The summed E-state index contributed by atoms with van der Waals surface area (Å²) in [7, 11) is 0. The quantitative estimate of drug-likeness (QED) is 0.486. The van der Waals surface area contributed by atoms with Crippen LogP contribution in [-0.2, 0) is 21.6 Å². The third-order valence-corrected chi connectivity index (χ3v) is 6.76. The van der Waals surface area contributed by atoms with E-state index in [4.69, 9.17) is 24.5 Å². The van der Waals surface area contributed by atoms with E-state index in [1.807, 2.05) is 28.8 Å². The van der Waals surface area contributed by atoms with Crippen LogP contribution in [0.3, 0.4) is 0 Å². The van der Waals surface area contributed by atoms with Gasteiger partial charge in [0.1, 0.15) is 23.8 Å². The molecular weight excluding hydrogens is 507 g/mol. The van der Waals surface area contributed by atoms with Crippen molar-refractivity contribution in [2.45, 2.75) is 44.4 Å². The lowest BCUT2D eigenvalue weighted by Gasteiger charge is -2.38. The normalized spacial score (nSPS) is 16.4. The fraction of sp³-hybridized carbons (Fsp3) is 0.423. The number of carboxylic acids is 2. The highest BCUT2D eigenvalue weighted by molar-refractivity contribution is 5.73. The Morgan fingerprint density at radius 2 is 1.84 bits per heavy atom. The van der Waals surface area contributed by atoms with Crippen LogP contribution in [0.15, 0.2) is 42.7 Å². The van der Waals surface area contributed by atoms with Gasteiger partial charge < -0.3 is 29.0 Å². The monoisotopic (exact) mass is 535 g/mol. The molecule has 1 spiro atoms. The van der Waals surface area contributed by atoms with Crippen molar-refractivity contribution in [3.63, 3.8) is 0 Å². The van der Waals surface area contributed by atoms with Crippen molar-refractivity contribution in [1.29, 1.82) is 0 Å². The standard InChI is InChI=1S/C24H27N3O4.C2HF3O2/c1-17-2-5-22-25-18(14-27(22)13-17)15-30-19-3-4-20-21(12-19)31-16-24(20)7-10-26(11-8-24)9-6-23(28)29;3-2(4,5)1(6)7/h2-5,12-14H,6-11,15-16H2,1H3,(H,28,29);(H,6,7). The predicted molar refractivity (Wildman–Crippen MR) is 129 cm³/mol. The second-order valence-electron chi connectivity index (χ2n) is 9.51. The maximum Gasteiger partial charge on any atom is 0.490 e. The van der Waals surface area contributed by atoms with Crippen molar-refractivity contribution in [3.05, 3.63) is 59.5 Å². The van der Waals surface area contributed by atoms with Crippen molar-refractivity contribution in [1.82, 2.24) is 14.3 Å². The number of rotatable bonds is 6. The smallest absolute Gasteiger partial charge is 0.490 e. The molecule has 4 heterocycles. The number of aliphatic carboxylic acids is 2. The van der Waals surface area contributed by atoms with Gasteiger partial charge in [0, 0.05) is 36.0 Å². The van der Waals surface area contributed by atoms with E-state index in [-0.39, 0.29) is 11.8 Å². The third kappa shape index (κ3) is 6.36. The number of ether oxygens (including phenoxy) is 2. The van der Waals surface area contributed by atoms with Gasteiger partial charge in [0.2, 0.25) is 0 Å².